The van der Waals surface area contributed by atoms with Crippen molar-refractivity contribution in [2.24, 2.45) is 0 Å². The fraction of sp³-hybridized carbons (Fsp3) is 0.308. The van der Waals surface area contributed by atoms with E-state index in [2.05, 4.69) is 15.5 Å². The van der Waals surface area contributed by atoms with Gasteiger partial charge in [0.05, 0.1) is 0 Å². The zero-order valence-corrected chi connectivity index (χ0v) is 11.2. The number of hydrogen-bond acceptors (Lipinski definition) is 6. The van der Waals surface area contributed by atoms with E-state index in [9.17, 15) is 9.59 Å². The number of ether oxygens (including phenoxy) is 1. The number of aromatic nitrogens is 4. The molecule has 8 heteroatoms. The van der Waals surface area contributed by atoms with Gasteiger partial charge in [0.25, 0.3) is 5.91 Å². The second-order valence-corrected chi connectivity index (χ2v) is 4.59. The maximum atomic E-state index is 12.1. The first-order chi connectivity index (χ1) is 10.2. The Morgan fingerprint density at radius 2 is 2.14 bits per heavy atom. The lowest BCUT2D eigenvalue weighted by Crippen LogP contribution is -2.33. The van der Waals surface area contributed by atoms with Crippen molar-refractivity contribution in [3.63, 3.8) is 0 Å². The van der Waals surface area contributed by atoms with Gasteiger partial charge in [-0.1, -0.05) is 18.2 Å². The minimum atomic E-state index is -0.553. The molecule has 0 fully saturated rings. The molecule has 0 saturated carbocycles. The lowest BCUT2D eigenvalue weighted by molar-refractivity contribution is -0.148. The molecule has 0 atom stereocenters. The molecule has 1 aromatic heterocycles. The number of rotatable bonds is 4. The van der Waals surface area contributed by atoms with E-state index in [1.807, 2.05) is 24.3 Å². The summed E-state index contributed by atoms with van der Waals surface area (Å²) in [7, 11) is 0. The predicted molar refractivity (Wildman–Crippen MR) is 71.3 cm³/mol. The molecule has 1 aliphatic rings. The first-order valence-corrected chi connectivity index (χ1v) is 6.49. The van der Waals surface area contributed by atoms with Crippen LogP contribution in [-0.2, 0) is 27.3 Å². The number of anilines is 1. The molecule has 0 radical (unpaired) electrons. The highest BCUT2D eigenvalue weighted by atomic mass is 16.5. The Morgan fingerprint density at radius 3 is 2.95 bits per heavy atom. The average molecular weight is 287 g/mol. The van der Waals surface area contributed by atoms with E-state index in [1.54, 1.807) is 4.90 Å². The number of para-hydroxylation sites is 1. The summed E-state index contributed by atoms with van der Waals surface area (Å²) in [5.41, 5.74) is 2.02. The van der Waals surface area contributed by atoms with Crippen LogP contribution in [0.5, 0.6) is 0 Å². The molecule has 2 heterocycles. The van der Waals surface area contributed by atoms with Gasteiger partial charge < -0.3 is 9.64 Å². The molecule has 0 saturated heterocycles. The van der Waals surface area contributed by atoms with Crippen molar-refractivity contribution in [1.82, 2.24) is 20.2 Å². The number of fused-ring (bicyclic) bond motifs is 1. The van der Waals surface area contributed by atoms with Gasteiger partial charge in [-0.3, -0.25) is 9.59 Å². The van der Waals surface area contributed by atoms with Crippen LogP contribution in [0.25, 0.3) is 0 Å². The number of carbonyl (C=O) groups is 2. The third kappa shape index (κ3) is 2.88. The van der Waals surface area contributed by atoms with Crippen LogP contribution in [0.15, 0.2) is 30.6 Å². The van der Waals surface area contributed by atoms with Crippen LogP contribution in [0.1, 0.15) is 5.56 Å². The van der Waals surface area contributed by atoms with Crippen LogP contribution in [-0.4, -0.2) is 45.2 Å². The number of carbonyl (C=O) groups excluding carboxylic acids is 2. The molecule has 1 aromatic carbocycles. The highest BCUT2D eigenvalue weighted by Gasteiger charge is 2.24. The van der Waals surface area contributed by atoms with Crippen molar-refractivity contribution in [3.05, 3.63) is 36.2 Å². The third-order valence-electron chi connectivity index (χ3n) is 3.23. The van der Waals surface area contributed by atoms with Gasteiger partial charge in [-0.15, -0.1) is 5.10 Å². The monoisotopic (exact) mass is 287 g/mol. The second kappa shape index (κ2) is 5.70. The molecule has 3 rings (SSSR count). The standard InChI is InChI=1S/C13H13N5O3/c19-12(8-21-13(20)7-17-9-14-15-16-17)18-6-5-10-3-1-2-4-11(10)18/h1-4,9H,5-8H2. The summed E-state index contributed by atoms with van der Waals surface area (Å²) in [5, 5.41) is 10.4. The first kappa shape index (κ1) is 13.2. The Hall–Kier alpha value is -2.77. The van der Waals surface area contributed by atoms with Crippen molar-refractivity contribution < 1.29 is 14.3 Å². The van der Waals surface area contributed by atoms with Crippen LogP contribution < -0.4 is 4.90 Å². The fourth-order valence-corrected chi connectivity index (χ4v) is 2.25. The maximum Gasteiger partial charge on any atom is 0.328 e. The Labute approximate surface area is 120 Å². The van der Waals surface area contributed by atoms with Gasteiger partial charge in [-0.25, -0.2) is 4.68 Å². The SMILES string of the molecule is O=C(Cn1cnnn1)OCC(=O)N1CCc2ccccc21. The molecule has 21 heavy (non-hydrogen) atoms. The largest absolute Gasteiger partial charge is 0.454 e. The number of benzene rings is 1. The van der Waals surface area contributed by atoms with E-state index < -0.39 is 5.97 Å². The summed E-state index contributed by atoms with van der Waals surface area (Å²) in [6, 6.07) is 7.71. The highest BCUT2D eigenvalue weighted by molar-refractivity contribution is 5.97. The third-order valence-corrected chi connectivity index (χ3v) is 3.23. The smallest absolute Gasteiger partial charge is 0.328 e. The van der Waals surface area contributed by atoms with E-state index in [-0.39, 0.29) is 19.1 Å². The summed E-state index contributed by atoms with van der Waals surface area (Å²) < 4.78 is 6.19. The quantitative estimate of drug-likeness (QED) is 0.724. The molecular formula is C13H13N5O3. The fourth-order valence-electron chi connectivity index (χ4n) is 2.25. The molecule has 0 bridgehead atoms. The molecule has 0 spiro atoms. The molecule has 0 N–H and O–H groups in total. The molecule has 1 amide bonds. The van der Waals surface area contributed by atoms with Crippen molar-refractivity contribution in [1.29, 1.82) is 0 Å². The summed E-state index contributed by atoms with van der Waals surface area (Å²) >= 11 is 0. The van der Waals surface area contributed by atoms with Crippen molar-refractivity contribution in [3.8, 4) is 0 Å². The first-order valence-electron chi connectivity index (χ1n) is 6.49. The second-order valence-electron chi connectivity index (χ2n) is 4.59. The molecular weight excluding hydrogens is 274 g/mol. The molecule has 2 aromatic rings. The van der Waals surface area contributed by atoms with Gasteiger partial charge in [-0.05, 0) is 28.5 Å². The van der Waals surface area contributed by atoms with E-state index in [1.165, 1.54) is 11.0 Å². The van der Waals surface area contributed by atoms with Gasteiger partial charge in [0.2, 0.25) is 0 Å². The van der Waals surface area contributed by atoms with Gasteiger partial charge in [0.1, 0.15) is 12.9 Å². The number of esters is 1. The van der Waals surface area contributed by atoms with E-state index in [4.69, 9.17) is 4.74 Å². The summed E-state index contributed by atoms with van der Waals surface area (Å²) in [6.45, 7) is 0.217. The zero-order chi connectivity index (χ0) is 14.7. The van der Waals surface area contributed by atoms with E-state index in [0.29, 0.717) is 6.54 Å². The average Bonchev–Trinajstić information content (AvgIpc) is 3.13. The normalized spacial score (nSPS) is 13.0. The lowest BCUT2D eigenvalue weighted by Gasteiger charge is -2.17. The van der Waals surface area contributed by atoms with Crippen LogP contribution in [0.2, 0.25) is 0 Å². The van der Waals surface area contributed by atoms with Crippen LogP contribution in [0.4, 0.5) is 5.69 Å². The number of amides is 1. The maximum absolute atomic E-state index is 12.1. The summed E-state index contributed by atoms with van der Waals surface area (Å²) in [4.78, 5) is 25.3. The molecule has 108 valence electrons. The van der Waals surface area contributed by atoms with Crippen LogP contribution in [0.3, 0.4) is 0 Å². The van der Waals surface area contributed by atoms with Gasteiger partial charge >= 0.3 is 5.97 Å². The van der Waals surface area contributed by atoms with Gasteiger partial charge in [-0.2, -0.15) is 0 Å². The molecule has 0 unspecified atom stereocenters. The van der Waals surface area contributed by atoms with Crippen molar-refractivity contribution >= 4 is 17.6 Å². The Balaban J connectivity index is 1.54. The molecule has 8 nitrogen and oxygen atoms in total. The van der Waals surface area contributed by atoms with Crippen molar-refractivity contribution in [2.45, 2.75) is 13.0 Å². The Morgan fingerprint density at radius 1 is 1.29 bits per heavy atom. The number of hydrogen-bond donors (Lipinski definition) is 0. The van der Waals surface area contributed by atoms with Gasteiger partial charge in [0.15, 0.2) is 6.61 Å². The van der Waals surface area contributed by atoms with E-state index in [0.717, 1.165) is 17.7 Å². The lowest BCUT2D eigenvalue weighted by atomic mass is 10.2. The van der Waals surface area contributed by atoms with Gasteiger partial charge in [0, 0.05) is 12.2 Å². The highest BCUT2D eigenvalue weighted by Crippen LogP contribution is 2.27. The number of tetrazole rings is 1. The molecule has 0 aliphatic carbocycles. The topological polar surface area (TPSA) is 90.2 Å². The van der Waals surface area contributed by atoms with Crippen LogP contribution in [0, 0.1) is 0 Å². The predicted octanol–water partition coefficient (Wildman–Crippen LogP) is -0.194. The van der Waals surface area contributed by atoms with E-state index >= 15 is 0 Å². The Bertz CT molecular complexity index is 656. The number of nitrogens with zero attached hydrogens (tertiary/aromatic N) is 5. The zero-order valence-electron chi connectivity index (χ0n) is 11.2. The van der Waals surface area contributed by atoms with Crippen molar-refractivity contribution in [2.75, 3.05) is 18.1 Å². The van der Waals surface area contributed by atoms with Crippen LogP contribution >= 0.6 is 0 Å². The molecule has 1 aliphatic heterocycles. The summed E-state index contributed by atoms with van der Waals surface area (Å²) in [6.07, 6.45) is 2.13. The minimum Gasteiger partial charge on any atom is -0.454 e. The Kier molecular flexibility index (Phi) is 3.59. The minimum absolute atomic E-state index is 0.114. The summed E-state index contributed by atoms with van der Waals surface area (Å²) in [5.74, 6) is -0.784.